The fourth-order valence-electron chi connectivity index (χ4n) is 3.47. The average molecular weight is 354 g/mol. The second kappa shape index (κ2) is 7.44. The number of aryl methyl sites for hydroxylation is 3. The first-order valence-corrected chi connectivity index (χ1v) is 9.43. The van der Waals surface area contributed by atoms with E-state index >= 15 is 0 Å². The molecule has 0 aromatic heterocycles. The van der Waals surface area contributed by atoms with Gasteiger partial charge in [-0.05, 0) is 49.6 Å². The Hall–Kier alpha value is -2.07. The molecule has 0 radical (unpaired) electrons. The second-order valence-electron chi connectivity index (χ2n) is 6.60. The van der Waals surface area contributed by atoms with Crippen LogP contribution in [0.25, 0.3) is 0 Å². The van der Waals surface area contributed by atoms with Crippen molar-refractivity contribution in [1.29, 1.82) is 0 Å². The summed E-state index contributed by atoms with van der Waals surface area (Å²) in [6.07, 6.45) is -0.0734. The van der Waals surface area contributed by atoms with Crippen molar-refractivity contribution in [3.05, 3.63) is 64.7 Å². The van der Waals surface area contributed by atoms with Crippen LogP contribution in [0.1, 0.15) is 34.6 Å². The molecule has 0 saturated carbocycles. The highest BCUT2D eigenvalue weighted by atomic mass is 32.2. The van der Waals surface area contributed by atoms with E-state index in [1.54, 1.807) is 11.8 Å². The van der Waals surface area contributed by atoms with Crippen LogP contribution in [0.5, 0.6) is 0 Å². The van der Waals surface area contributed by atoms with Crippen LogP contribution in [0.4, 0.5) is 0 Å². The van der Waals surface area contributed by atoms with Gasteiger partial charge in [0.15, 0.2) is 5.78 Å². The second-order valence-corrected chi connectivity index (χ2v) is 7.69. The summed E-state index contributed by atoms with van der Waals surface area (Å²) in [6.45, 7) is 5.92. The van der Waals surface area contributed by atoms with Crippen molar-refractivity contribution in [2.24, 2.45) is 0 Å². The third kappa shape index (κ3) is 3.96. The number of rotatable bonds is 4. The number of carbonyl (C=O) groups is 2. The summed E-state index contributed by atoms with van der Waals surface area (Å²) in [4.78, 5) is 26.4. The number of Topliss-reactive ketones (excluding diaryl/α,β-unsaturated/α-hetero) is 1. The van der Waals surface area contributed by atoms with Gasteiger partial charge < -0.3 is 4.74 Å². The number of ether oxygens (including phenoxy) is 1. The van der Waals surface area contributed by atoms with Crippen molar-refractivity contribution in [2.75, 3.05) is 5.75 Å². The van der Waals surface area contributed by atoms with Crippen molar-refractivity contribution < 1.29 is 14.3 Å². The number of carbonyl (C=O) groups excluding carboxylic acids is 2. The molecular formula is C21H22O3S. The zero-order valence-electron chi connectivity index (χ0n) is 14.7. The Labute approximate surface area is 152 Å². The van der Waals surface area contributed by atoms with Gasteiger partial charge in [0.2, 0.25) is 0 Å². The molecule has 1 fully saturated rings. The molecule has 0 aliphatic carbocycles. The Balaban J connectivity index is 1.73. The van der Waals surface area contributed by atoms with Gasteiger partial charge in [-0.2, -0.15) is 0 Å². The summed E-state index contributed by atoms with van der Waals surface area (Å²) in [5.41, 5.74) is 3.90. The molecule has 1 heterocycles. The Morgan fingerprint density at radius 3 is 2.28 bits per heavy atom. The molecule has 0 spiro atoms. The molecular weight excluding hydrogens is 332 g/mol. The van der Waals surface area contributed by atoms with Crippen molar-refractivity contribution in [1.82, 2.24) is 0 Å². The molecule has 130 valence electrons. The number of esters is 1. The van der Waals surface area contributed by atoms with E-state index in [0.717, 1.165) is 27.1 Å². The third-order valence-corrected chi connectivity index (χ3v) is 5.62. The van der Waals surface area contributed by atoms with Gasteiger partial charge in [-0.1, -0.05) is 35.9 Å². The predicted molar refractivity (Wildman–Crippen MR) is 100 cm³/mol. The molecule has 2 aromatic rings. The highest BCUT2D eigenvalue weighted by molar-refractivity contribution is 7.99. The van der Waals surface area contributed by atoms with E-state index in [-0.39, 0.29) is 18.3 Å². The monoisotopic (exact) mass is 354 g/mol. The molecule has 2 atom stereocenters. The predicted octanol–water partition coefficient (Wildman–Crippen LogP) is 4.37. The lowest BCUT2D eigenvalue weighted by atomic mass is 9.84. The maximum absolute atomic E-state index is 12.7. The van der Waals surface area contributed by atoms with Crippen molar-refractivity contribution in [3.8, 4) is 0 Å². The minimum absolute atomic E-state index is 0.0371. The summed E-state index contributed by atoms with van der Waals surface area (Å²) in [5, 5.41) is 0. The lowest BCUT2D eigenvalue weighted by molar-refractivity contribution is -0.159. The Bertz CT molecular complexity index is 757. The normalized spacial score (nSPS) is 20.4. The van der Waals surface area contributed by atoms with Crippen LogP contribution in [0, 0.1) is 20.8 Å². The van der Waals surface area contributed by atoms with Gasteiger partial charge in [0.25, 0.3) is 0 Å². The van der Waals surface area contributed by atoms with Crippen LogP contribution in [-0.2, 0) is 14.3 Å². The van der Waals surface area contributed by atoms with Gasteiger partial charge in [0.1, 0.15) is 12.0 Å². The quantitative estimate of drug-likeness (QED) is 0.464. The number of ketones is 1. The molecule has 0 amide bonds. The van der Waals surface area contributed by atoms with Crippen LogP contribution >= 0.6 is 11.8 Å². The van der Waals surface area contributed by atoms with Crippen molar-refractivity contribution in [3.63, 3.8) is 0 Å². The number of cyclic esters (lactones) is 1. The number of hydrogen-bond acceptors (Lipinski definition) is 4. The maximum atomic E-state index is 12.7. The molecule has 0 bridgehead atoms. The van der Waals surface area contributed by atoms with E-state index in [9.17, 15) is 9.59 Å². The standard InChI is InChI=1S/C21H22O3S/c1-13-9-14(2)19(15(3)10-13)20-18(22)11-16(24-21(20)23)12-25-17-7-5-4-6-8-17/h4-10,16,20H,11-12H2,1-3H3. The SMILES string of the molecule is Cc1cc(C)c(C2C(=O)CC(CSc3ccccc3)OC2=O)c(C)c1. The van der Waals surface area contributed by atoms with Crippen LogP contribution in [0.2, 0.25) is 0 Å². The van der Waals surface area contributed by atoms with Gasteiger partial charge in [0.05, 0.1) is 0 Å². The molecule has 4 heteroatoms. The fourth-order valence-corrected chi connectivity index (χ4v) is 4.39. The van der Waals surface area contributed by atoms with Gasteiger partial charge >= 0.3 is 5.97 Å². The van der Waals surface area contributed by atoms with E-state index in [4.69, 9.17) is 4.74 Å². The highest BCUT2D eigenvalue weighted by Gasteiger charge is 2.39. The molecule has 1 saturated heterocycles. The molecule has 25 heavy (non-hydrogen) atoms. The van der Waals surface area contributed by atoms with E-state index < -0.39 is 11.9 Å². The largest absolute Gasteiger partial charge is 0.460 e. The highest BCUT2D eigenvalue weighted by Crippen LogP contribution is 2.33. The Morgan fingerprint density at radius 1 is 1.04 bits per heavy atom. The van der Waals surface area contributed by atoms with E-state index in [2.05, 4.69) is 0 Å². The molecule has 1 aliphatic rings. The van der Waals surface area contributed by atoms with Crippen LogP contribution < -0.4 is 0 Å². The van der Waals surface area contributed by atoms with Crippen LogP contribution in [-0.4, -0.2) is 23.6 Å². The summed E-state index contributed by atoms with van der Waals surface area (Å²) in [7, 11) is 0. The van der Waals surface area contributed by atoms with Crippen LogP contribution in [0.15, 0.2) is 47.4 Å². The van der Waals surface area contributed by atoms with Crippen LogP contribution in [0.3, 0.4) is 0 Å². The summed E-state index contributed by atoms with van der Waals surface area (Å²) < 4.78 is 5.61. The molecule has 2 unspecified atom stereocenters. The first-order chi connectivity index (χ1) is 12.0. The van der Waals surface area contributed by atoms with E-state index in [1.807, 2.05) is 63.2 Å². The van der Waals surface area contributed by atoms with Gasteiger partial charge in [-0.3, -0.25) is 9.59 Å². The number of benzene rings is 2. The molecule has 1 aliphatic heterocycles. The van der Waals surface area contributed by atoms with Gasteiger partial charge in [-0.25, -0.2) is 0 Å². The maximum Gasteiger partial charge on any atom is 0.321 e. The first-order valence-electron chi connectivity index (χ1n) is 8.44. The molecule has 2 aromatic carbocycles. The summed E-state index contributed by atoms with van der Waals surface area (Å²) in [5.74, 6) is -0.631. The number of thioether (sulfide) groups is 1. The molecule has 3 rings (SSSR count). The lowest BCUT2D eigenvalue weighted by Gasteiger charge is -2.29. The average Bonchev–Trinajstić information content (AvgIpc) is 2.55. The molecule has 0 N–H and O–H groups in total. The number of hydrogen-bond donors (Lipinski definition) is 0. The summed E-state index contributed by atoms with van der Waals surface area (Å²) in [6, 6.07) is 14.0. The minimum atomic E-state index is -0.779. The fraction of sp³-hybridized carbons (Fsp3) is 0.333. The molecule has 3 nitrogen and oxygen atoms in total. The zero-order chi connectivity index (χ0) is 18.0. The lowest BCUT2D eigenvalue weighted by Crippen LogP contribution is -2.38. The zero-order valence-corrected chi connectivity index (χ0v) is 15.6. The smallest absolute Gasteiger partial charge is 0.321 e. The van der Waals surface area contributed by atoms with E-state index in [0.29, 0.717) is 5.75 Å². The Morgan fingerprint density at radius 2 is 1.68 bits per heavy atom. The topological polar surface area (TPSA) is 43.4 Å². The minimum Gasteiger partial charge on any atom is -0.460 e. The summed E-state index contributed by atoms with van der Waals surface area (Å²) >= 11 is 1.61. The van der Waals surface area contributed by atoms with Crippen molar-refractivity contribution >= 4 is 23.5 Å². The van der Waals surface area contributed by atoms with Gasteiger partial charge in [0, 0.05) is 17.1 Å². The first kappa shape index (κ1) is 17.7. The van der Waals surface area contributed by atoms with Crippen molar-refractivity contribution in [2.45, 2.75) is 44.1 Å². The van der Waals surface area contributed by atoms with Gasteiger partial charge in [-0.15, -0.1) is 11.8 Å². The third-order valence-electron chi connectivity index (χ3n) is 4.48. The van der Waals surface area contributed by atoms with E-state index in [1.165, 1.54) is 0 Å². The Kier molecular flexibility index (Phi) is 5.28.